The minimum absolute atomic E-state index is 0.0626. The highest BCUT2D eigenvalue weighted by Crippen LogP contribution is 2.25. The van der Waals surface area contributed by atoms with Crippen LogP contribution in [0.4, 0.5) is 0 Å². The summed E-state index contributed by atoms with van der Waals surface area (Å²) in [5.74, 6) is -0.324. The van der Waals surface area contributed by atoms with Gasteiger partial charge in [0.05, 0.1) is 18.1 Å². The lowest BCUT2D eigenvalue weighted by Crippen LogP contribution is -2.35. The first-order valence-electron chi connectivity index (χ1n) is 9.65. The molecule has 0 unspecified atom stereocenters. The van der Waals surface area contributed by atoms with Crippen LogP contribution < -0.4 is 5.32 Å². The zero-order valence-electron chi connectivity index (χ0n) is 17.1. The second kappa shape index (κ2) is 10.0. The number of halogens is 1. The number of benzene rings is 2. The fourth-order valence-corrected chi connectivity index (χ4v) is 4.95. The van der Waals surface area contributed by atoms with E-state index in [0.717, 1.165) is 42.7 Å². The number of nitrogens with one attached hydrogen (secondary N) is 1. The van der Waals surface area contributed by atoms with Gasteiger partial charge >= 0.3 is 0 Å². The molecule has 1 saturated heterocycles. The standard InChI is InChI=1S/C21H26BrN3O4S/c1-24(2)30(27,28)20-13-18(7-8-19(20)22)21(26)23-14-16-3-5-17(6-4-16)15-25-9-11-29-12-10-25/h3-8,13H,9-12,14-15H2,1-2H3,(H,23,26). The highest BCUT2D eigenvalue weighted by atomic mass is 79.9. The third kappa shape index (κ3) is 5.67. The van der Waals surface area contributed by atoms with Crippen molar-refractivity contribution in [3.8, 4) is 0 Å². The number of nitrogens with zero attached hydrogens (tertiary/aromatic N) is 2. The molecule has 0 bridgehead atoms. The number of amides is 1. The smallest absolute Gasteiger partial charge is 0.251 e. The number of hydrogen-bond acceptors (Lipinski definition) is 5. The zero-order chi connectivity index (χ0) is 21.7. The number of sulfonamides is 1. The Morgan fingerprint density at radius 1 is 1.10 bits per heavy atom. The molecular formula is C21H26BrN3O4S. The van der Waals surface area contributed by atoms with Crippen molar-refractivity contribution in [2.75, 3.05) is 40.4 Å². The molecule has 1 fully saturated rings. The van der Waals surface area contributed by atoms with Gasteiger partial charge in [-0.25, -0.2) is 12.7 Å². The molecule has 2 aromatic carbocycles. The average molecular weight is 496 g/mol. The highest BCUT2D eigenvalue weighted by Gasteiger charge is 2.22. The van der Waals surface area contributed by atoms with Crippen LogP contribution in [0.5, 0.6) is 0 Å². The van der Waals surface area contributed by atoms with Gasteiger partial charge in [-0.2, -0.15) is 0 Å². The first kappa shape index (κ1) is 22.9. The summed E-state index contributed by atoms with van der Waals surface area (Å²) < 4.78 is 31.8. The topological polar surface area (TPSA) is 79.0 Å². The van der Waals surface area contributed by atoms with Crippen molar-refractivity contribution in [1.82, 2.24) is 14.5 Å². The van der Waals surface area contributed by atoms with Crippen molar-refractivity contribution < 1.29 is 17.9 Å². The summed E-state index contributed by atoms with van der Waals surface area (Å²) in [6.45, 7) is 4.68. The summed E-state index contributed by atoms with van der Waals surface area (Å²) >= 11 is 3.25. The van der Waals surface area contributed by atoms with Crippen molar-refractivity contribution in [2.24, 2.45) is 0 Å². The summed E-state index contributed by atoms with van der Waals surface area (Å²) in [6, 6.07) is 12.7. The maximum Gasteiger partial charge on any atom is 0.251 e. The Balaban J connectivity index is 1.61. The molecule has 3 rings (SSSR count). The van der Waals surface area contributed by atoms with E-state index in [1.54, 1.807) is 12.1 Å². The van der Waals surface area contributed by atoms with Gasteiger partial charge in [0, 0.05) is 50.3 Å². The van der Waals surface area contributed by atoms with E-state index in [-0.39, 0.29) is 10.8 Å². The van der Waals surface area contributed by atoms with Crippen LogP contribution in [0.25, 0.3) is 0 Å². The second-order valence-electron chi connectivity index (χ2n) is 7.32. The van der Waals surface area contributed by atoms with E-state index in [4.69, 9.17) is 4.74 Å². The van der Waals surface area contributed by atoms with Gasteiger partial charge in [-0.1, -0.05) is 24.3 Å². The van der Waals surface area contributed by atoms with Crippen molar-refractivity contribution in [3.05, 3.63) is 63.6 Å². The van der Waals surface area contributed by atoms with Crippen LogP contribution >= 0.6 is 15.9 Å². The molecule has 0 atom stereocenters. The first-order chi connectivity index (χ1) is 14.3. The van der Waals surface area contributed by atoms with Gasteiger partial charge in [0.1, 0.15) is 0 Å². The molecule has 1 N–H and O–H groups in total. The number of carbonyl (C=O) groups excluding carboxylic acids is 1. The molecule has 0 aromatic heterocycles. The van der Waals surface area contributed by atoms with Gasteiger partial charge in [-0.3, -0.25) is 9.69 Å². The van der Waals surface area contributed by atoms with Crippen LogP contribution in [0, 0.1) is 0 Å². The number of hydrogen-bond donors (Lipinski definition) is 1. The van der Waals surface area contributed by atoms with Crippen LogP contribution in [0.2, 0.25) is 0 Å². The van der Waals surface area contributed by atoms with Crippen molar-refractivity contribution in [3.63, 3.8) is 0 Å². The maximum absolute atomic E-state index is 12.6. The summed E-state index contributed by atoms with van der Waals surface area (Å²) in [4.78, 5) is 15.0. The lowest BCUT2D eigenvalue weighted by Gasteiger charge is -2.26. The SMILES string of the molecule is CN(C)S(=O)(=O)c1cc(C(=O)NCc2ccc(CN3CCOCC3)cc2)ccc1Br. The van der Waals surface area contributed by atoms with Gasteiger partial charge in [0.2, 0.25) is 10.0 Å². The molecule has 7 nitrogen and oxygen atoms in total. The zero-order valence-corrected chi connectivity index (χ0v) is 19.5. The predicted octanol–water partition coefficient (Wildman–Crippen LogP) is 2.46. The van der Waals surface area contributed by atoms with E-state index >= 15 is 0 Å². The van der Waals surface area contributed by atoms with Crippen LogP contribution in [0.3, 0.4) is 0 Å². The Morgan fingerprint density at radius 3 is 2.37 bits per heavy atom. The molecule has 1 aliphatic rings. The van der Waals surface area contributed by atoms with Gasteiger partial charge in [0.15, 0.2) is 0 Å². The van der Waals surface area contributed by atoms with Gasteiger partial charge < -0.3 is 10.1 Å². The minimum atomic E-state index is -3.65. The molecule has 2 aromatic rings. The number of carbonyl (C=O) groups is 1. The van der Waals surface area contributed by atoms with Crippen molar-refractivity contribution in [2.45, 2.75) is 18.0 Å². The average Bonchev–Trinajstić information content (AvgIpc) is 2.74. The molecule has 1 aliphatic heterocycles. The largest absolute Gasteiger partial charge is 0.379 e. The third-order valence-corrected chi connectivity index (χ3v) is 7.75. The van der Waals surface area contributed by atoms with E-state index in [2.05, 4.69) is 38.3 Å². The quantitative estimate of drug-likeness (QED) is 0.638. The lowest BCUT2D eigenvalue weighted by molar-refractivity contribution is 0.0342. The van der Waals surface area contributed by atoms with E-state index in [9.17, 15) is 13.2 Å². The molecule has 1 heterocycles. The molecule has 0 aliphatic carbocycles. The normalized spacial score (nSPS) is 15.3. The Morgan fingerprint density at radius 2 is 1.73 bits per heavy atom. The fourth-order valence-electron chi connectivity index (χ4n) is 3.10. The number of ether oxygens (including phenoxy) is 1. The minimum Gasteiger partial charge on any atom is -0.379 e. The molecule has 0 radical (unpaired) electrons. The second-order valence-corrected chi connectivity index (χ2v) is 10.3. The summed E-state index contributed by atoms with van der Waals surface area (Å²) in [5.41, 5.74) is 2.49. The van der Waals surface area contributed by atoms with Gasteiger partial charge in [-0.05, 0) is 45.3 Å². The summed E-state index contributed by atoms with van der Waals surface area (Å²) in [5, 5.41) is 2.85. The van der Waals surface area contributed by atoms with E-state index < -0.39 is 10.0 Å². The predicted molar refractivity (Wildman–Crippen MR) is 119 cm³/mol. The molecule has 0 spiro atoms. The summed E-state index contributed by atoms with van der Waals surface area (Å²) in [7, 11) is -0.742. The highest BCUT2D eigenvalue weighted by molar-refractivity contribution is 9.10. The number of morpholine rings is 1. The first-order valence-corrected chi connectivity index (χ1v) is 11.9. The fraction of sp³-hybridized carbons (Fsp3) is 0.381. The Hall–Kier alpha value is -1.78. The molecular weight excluding hydrogens is 470 g/mol. The molecule has 30 heavy (non-hydrogen) atoms. The summed E-state index contributed by atoms with van der Waals surface area (Å²) in [6.07, 6.45) is 0. The van der Waals surface area contributed by atoms with Crippen molar-refractivity contribution in [1.29, 1.82) is 0 Å². The number of rotatable bonds is 7. The Kier molecular flexibility index (Phi) is 7.65. The van der Waals surface area contributed by atoms with Gasteiger partial charge in [0.25, 0.3) is 5.91 Å². The van der Waals surface area contributed by atoms with E-state index in [0.29, 0.717) is 16.6 Å². The Labute approximate surface area is 186 Å². The van der Waals surface area contributed by atoms with Crippen LogP contribution in [-0.2, 0) is 27.8 Å². The Bertz CT molecular complexity index is 988. The van der Waals surface area contributed by atoms with E-state index in [1.807, 2.05) is 12.1 Å². The molecule has 162 valence electrons. The molecule has 9 heteroatoms. The maximum atomic E-state index is 12.6. The lowest BCUT2D eigenvalue weighted by atomic mass is 10.1. The van der Waals surface area contributed by atoms with E-state index in [1.165, 1.54) is 25.7 Å². The van der Waals surface area contributed by atoms with Crippen LogP contribution in [0.15, 0.2) is 51.8 Å². The van der Waals surface area contributed by atoms with Crippen molar-refractivity contribution >= 4 is 31.9 Å². The molecule has 0 saturated carbocycles. The molecule has 1 amide bonds. The van der Waals surface area contributed by atoms with Crippen LogP contribution in [0.1, 0.15) is 21.5 Å². The van der Waals surface area contributed by atoms with Gasteiger partial charge in [-0.15, -0.1) is 0 Å². The monoisotopic (exact) mass is 495 g/mol. The van der Waals surface area contributed by atoms with Crippen LogP contribution in [-0.4, -0.2) is 63.9 Å². The third-order valence-electron chi connectivity index (χ3n) is 4.94.